The molecular weight excluding hydrogens is 187 g/mol. The predicted molar refractivity (Wildman–Crippen MR) is 32.2 cm³/mol. The maximum atomic E-state index is 9.00. The third-order valence-electron chi connectivity index (χ3n) is 0. The number of hydrogen-bond acceptors (Lipinski definition) is 3. The van der Waals surface area contributed by atoms with Gasteiger partial charge in [0, 0.05) is 6.92 Å². The Morgan fingerprint density at radius 3 is 1.08 bits per heavy atom. The smallest absolute Gasteiger partial charge is 0.565 e. The van der Waals surface area contributed by atoms with Crippen molar-refractivity contribution in [3.8, 4) is 0 Å². The zero-order valence-corrected chi connectivity index (χ0v) is 8.62. The molecule has 0 fully saturated rings. The summed E-state index contributed by atoms with van der Waals surface area (Å²) < 4.78 is 0. The van der Waals surface area contributed by atoms with E-state index in [-0.39, 0.29) is 46.0 Å². The van der Waals surface area contributed by atoms with E-state index in [2.05, 4.69) is 0 Å². The minimum Gasteiger partial charge on any atom is -0.565 e. The Morgan fingerprint density at radius 2 is 1.08 bits per heavy atom. The molecule has 0 radical (unpaired) electrons. The maximum absolute atomic E-state index is 9.00. The first-order chi connectivity index (χ1) is 3.46. The Hall–Kier alpha value is -0.380. The molecule has 12 heavy (non-hydrogen) atoms. The molecule has 0 rings (SSSR count). The molecule has 0 aliphatic rings. The van der Waals surface area contributed by atoms with E-state index in [0.29, 0.717) is 0 Å². The van der Waals surface area contributed by atoms with Gasteiger partial charge >= 0.3 is 29.6 Å². The third kappa shape index (κ3) is 4950. The van der Waals surface area contributed by atoms with E-state index >= 15 is 0 Å². The van der Waals surface area contributed by atoms with E-state index in [9.17, 15) is 0 Å². The van der Waals surface area contributed by atoms with Gasteiger partial charge in [0.2, 0.25) is 6.16 Å². The average molecular weight is 198 g/mol. The van der Waals surface area contributed by atoms with E-state index in [1.807, 2.05) is 0 Å². The molecule has 0 saturated heterocycles. The Labute approximate surface area is 90.0 Å². The number of rotatable bonds is 0. The van der Waals surface area contributed by atoms with Crippen LogP contribution in [0.1, 0.15) is 6.92 Å². The fourth-order valence-electron chi connectivity index (χ4n) is 0. The third-order valence-corrected chi connectivity index (χ3v) is 0. The first-order valence-corrected chi connectivity index (χ1v) is 1.56. The minimum atomic E-state index is -2.08. The standard InChI is InChI=1S/C2H4O2.CH2O3.Na.3H2O/c1-2(3)4;2-1(3)4;;;;/h1H3,(H,3,4);(H2,2,3,4);;3*1H2/q;;+1;;;/p-1. The zero-order valence-electron chi connectivity index (χ0n) is 6.62. The van der Waals surface area contributed by atoms with Gasteiger partial charge in [0.15, 0.2) is 0 Å². The van der Waals surface area contributed by atoms with Crippen molar-refractivity contribution in [1.82, 2.24) is 0 Å². The molecule has 8 N–H and O–H groups in total. The summed E-state index contributed by atoms with van der Waals surface area (Å²) in [6, 6.07) is 0. The summed E-state index contributed by atoms with van der Waals surface area (Å²) in [5.74, 6) is -0.833. The van der Waals surface area contributed by atoms with Gasteiger partial charge in [-0.1, -0.05) is 0 Å². The summed E-state index contributed by atoms with van der Waals surface area (Å²) in [5, 5.41) is 22.7. The van der Waals surface area contributed by atoms with Crippen molar-refractivity contribution in [2.24, 2.45) is 0 Å². The van der Waals surface area contributed by atoms with Crippen LogP contribution in [0, 0.1) is 0 Å². The molecule has 0 aromatic heterocycles. The van der Waals surface area contributed by atoms with Gasteiger partial charge in [-0.15, -0.1) is 0 Å². The second-order valence-electron chi connectivity index (χ2n) is 0.785. The van der Waals surface area contributed by atoms with Crippen LogP contribution in [-0.4, -0.2) is 38.8 Å². The van der Waals surface area contributed by atoms with Gasteiger partial charge in [-0.3, -0.25) is 4.79 Å². The van der Waals surface area contributed by atoms with Crippen molar-refractivity contribution in [3.63, 3.8) is 0 Å². The fraction of sp³-hybridized carbons (Fsp3) is 0.333. The van der Waals surface area contributed by atoms with Gasteiger partial charge in [0.05, 0.1) is 0 Å². The molecule has 0 heterocycles. The van der Waals surface area contributed by atoms with Crippen molar-refractivity contribution < 1.29 is 70.9 Å². The molecule has 72 valence electrons. The van der Waals surface area contributed by atoms with Crippen LogP contribution in [-0.2, 0) is 4.79 Å². The molecular formula is C3H11NaO8. The fourth-order valence-corrected chi connectivity index (χ4v) is 0. The first-order valence-electron chi connectivity index (χ1n) is 1.56. The van der Waals surface area contributed by atoms with Crippen LogP contribution in [0.4, 0.5) is 4.79 Å². The second kappa shape index (κ2) is 31.1. The van der Waals surface area contributed by atoms with Gasteiger partial charge < -0.3 is 36.5 Å². The summed E-state index contributed by atoms with van der Waals surface area (Å²) >= 11 is 0. The van der Waals surface area contributed by atoms with Gasteiger partial charge in [-0.25, -0.2) is 0 Å². The van der Waals surface area contributed by atoms with Crippen molar-refractivity contribution >= 4 is 12.1 Å². The largest absolute Gasteiger partial charge is 1.00 e. The second-order valence-corrected chi connectivity index (χ2v) is 0.785. The summed E-state index contributed by atoms with van der Waals surface area (Å²) in [6.45, 7) is 1.08. The summed E-state index contributed by atoms with van der Waals surface area (Å²) in [5.41, 5.74) is 0. The summed E-state index contributed by atoms with van der Waals surface area (Å²) in [6.07, 6.45) is -2.08. The van der Waals surface area contributed by atoms with Crippen molar-refractivity contribution in [3.05, 3.63) is 0 Å². The number of aliphatic carboxylic acids is 1. The molecule has 0 saturated carbocycles. The van der Waals surface area contributed by atoms with Crippen LogP contribution in [0.25, 0.3) is 0 Å². The van der Waals surface area contributed by atoms with Gasteiger partial charge in [0.1, 0.15) is 0 Å². The van der Waals surface area contributed by atoms with Crippen LogP contribution < -0.4 is 34.7 Å². The molecule has 0 aromatic carbocycles. The Bertz CT molecular complexity index is 72.3. The molecule has 0 bridgehead atoms. The number of carboxylic acids is 1. The van der Waals surface area contributed by atoms with Crippen LogP contribution in [0.5, 0.6) is 0 Å². The van der Waals surface area contributed by atoms with Gasteiger partial charge in [-0.05, 0) is 0 Å². The Morgan fingerprint density at radius 1 is 1.08 bits per heavy atom. The normalized spacial score (nSPS) is 4.08. The average Bonchev–Trinajstić information content (AvgIpc) is 1.25. The van der Waals surface area contributed by atoms with E-state index in [0.717, 1.165) is 6.92 Å². The van der Waals surface area contributed by atoms with E-state index in [4.69, 9.17) is 24.9 Å². The molecule has 0 aliphatic heterocycles. The van der Waals surface area contributed by atoms with Crippen LogP contribution in [0.2, 0.25) is 0 Å². The van der Waals surface area contributed by atoms with E-state index < -0.39 is 12.1 Å². The van der Waals surface area contributed by atoms with Crippen molar-refractivity contribution in [2.45, 2.75) is 6.92 Å². The van der Waals surface area contributed by atoms with E-state index in [1.165, 1.54) is 0 Å². The van der Waals surface area contributed by atoms with E-state index in [1.54, 1.807) is 0 Å². The van der Waals surface area contributed by atoms with Crippen LogP contribution >= 0.6 is 0 Å². The molecule has 0 atom stereocenters. The maximum Gasteiger partial charge on any atom is 1.00 e. The molecule has 8 nitrogen and oxygen atoms in total. The topological polar surface area (TPSA) is 192 Å². The Kier molecular flexibility index (Phi) is 108. The van der Waals surface area contributed by atoms with Crippen molar-refractivity contribution in [2.75, 3.05) is 0 Å². The SMILES string of the molecule is CC(=O)O.O.O.O.O=C([O-])O.[Na+]. The van der Waals surface area contributed by atoms with Crippen molar-refractivity contribution in [1.29, 1.82) is 0 Å². The van der Waals surface area contributed by atoms with Gasteiger partial charge in [-0.2, -0.15) is 0 Å². The Balaban J connectivity index is -0.0000000112. The zero-order chi connectivity index (χ0) is 7.15. The minimum absolute atomic E-state index is 0. The predicted octanol–water partition coefficient (Wildman–Crippen LogP) is -6.49. The monoisotopic (exact) mass is 198 g/mol. The molecule has 0 unspecified atom stereocenters. The quantitative estimate of drug-likeness (QED) is 0.364. The van der Waals surface area contributed by atoms with Crippen LogP contribution in [0.15, 0.2) is 0 Å². The number of hydrogen-bond donors (Lipinski definition) is 2. The molecule has 0 spiro atoms. The molecule has 0 aromatic rings. The molecule has 0 aliphatic carbocycles. The van der Waals surface area contributed by atoms with Crippen LogP contribution in [0.3, 0.4) is 0 Å². The van der Waals surface area contributed by atoms with Gasteiger partial charge in [0.25, 0.3) is 5.97 Å². The number of carbonyl (C=O) groups is 2. The molecule has 0 amide bonds. The summed E-state index contributed by atoms with van der Waals surface area (Å²) in [4.78, 5) is 17.4. The summed E-state index contributed by atoms with van der Waals surface area (Å²) in [7, 11) is 0. The molecule has 9 heteroatoms. The first kappa shape index (κ1) is 41.5. The number of carboxylic acid groups (broad SMARTS) is 3.